The van der Waals surface area contributed by atoms with E-state index in [4.69, 9.17) is 17.0 Å². The number of hydrogen-bond donors (Lipinski definition) is 1. The molecule has 1 unspecified atom stereocenters. The monoisotopic (exact) mass is 430 g/mol. The fraction of sp³-hybridized carbons (Fsp3) is 0.500. The number of H-pyrrole nitrogens is 1. The molecule has 1 aromatic heterocycles. The largest absolute Gasteiger partial charge is 0.444 e. The third-order valence-electron chi connectivity index (χ3n) is 5.05. The van der Waals surface area contributed by atoms with Gasteiger partial charge in [0.2, 0.25) is 0 Å². The number of aromatic nitrogens is 2. The van der Waals surface area contributed by atoms with Gasteiger partial charge in [-0.2, -0.15) is 0 Å². The molecule has 1 aromatic carbocycles. The summed E-state index contributed by atoms with van der Waals surface area (Å²) in [5, 5.41) is 0. The third kappa shape index (κ3) is 5.30. The van der Waals surface area contributed by atoms with E-state index in [1.165, 1.54) is 0 Å². The smallest absolute Gasteiger partial charge is 0.410 e. The van der Waals surface area contributed by atoms with E-state index in [2.05, 4.69) is 4.98 Å². The average Bonchev–Trinajstić information content (AvgIpc) is 3.08. The number of rotatable bonds is 4. The highest BCUT2D eigenvalue weighted by Gasteiger charge is 2.29. The maximum absolute atomic E-state index is 13.3. The molecule has 162 valence electrons. The second-order valence-corrected chi connectivity index (χ2v) is 9.16. The minimum Gasteiger partial charge on any atom is -0.444 e. The summed E-state index contributed by atoms with van der Waals surface area (Å²) < 4.78 is 7.70. The van der Waals surface area contributed by atoms with Crippen molar-refractivity contribution in [3.63, 3.8) is 0 Å². The zero-order valence-corrected chi connectivity index (χ0v) is 18.9. The summed E-state index contributed by atoms with van der Waals surface area (Å²) in [4.78, 5) is 32.0. The van der Waals surface area contributed by atoms with Crippen LogP contribution in [0.4, 0.5) is 4.79 Å². The van der Waals surface area contributed by atoms with Gasteiger partial charge in [0.25, 0.3) is 5.91 Å². The van der Waals surface area contributed by atoms with Gasteiger partial charge in [-0.25, -0.2) is 4.79 Å². The Morgan fingerprint density at radius 2 is 1.97 bits per heavy atom. The Morgan fingerprint density at radius 3 is 2.63 bits per heavy atom. The lowest BCUT2D eigenvalue weighted by Gasteiger charge is -2.35. The van der Waals surface area contributed by atoms with Crippen LogP contribution in [0.2, 0.25) is 0 Å². The first-order chi connectivity index (χ1) is 14.2. The first kappa shape index (κ1) is 22.1. The number of carbonyl (C=O) groups is 2. The molecule has 1 atom stereocenters. The SMILES string of the molecule is CN(CC1CCCN(C(=O)c2c[nH]c(=S)n2-c2ccccc2)C1)C(=O)OC(C)(C)C. The Bertz CT molecular complexity index is 945. The van der Waals surface area contributed by atoms with Gasteiger partial charge in [0.1, 0.15) is 11.3 Å². The number of piperidine rings is 1. The van der Waals surface area contributed by atoms with E-state index >= 15 is 0 Å². The summed E-state index contributed by atoms with van der Waals surface area (Å²) in [5.41, 5.74) is 0.846. The summed E-state index contributed by atoms with van der Waals surface area (Å²) in [5.74, 6) is 0.142. The molecule has 2 aromatic rings. The number of amides is 2. The third-order valence-corrected chi connectivity index (χ3v) is 5.35. The van der Waals surface area contributed by atoms with Gasteiger partial charge in [-0.1, -0.05) is 18.2 Å². The molecule has 0 spiro atoms. The van der Waals surface area contributed by atoms with Crippen LogP contribution in [0.1, 0.15) is 44.1 Å². The number of ether oxygens (including phenoxy) is 1. The van der Waals surface area contributed by atoms with E-state index in [1.54, 1.807) is 22.7 Å². The fourth-order valence-electron chi connectivity index (χ4n) is 3.72. The van der Waals surface area contributed by atoms with Gasteiger partial charge in [-0.3, -0.25) is 9.36 Å². The van der Waals surface area contributed by atoms with Crippen molar-refractivity contribution in [1.29, 1.82) is 0 Å². The number of nitrogens with one attached hydrogen (secondary N) is 1. The second-order valence-electron chi connectivity index (χ2n) is 8.77. The van der Waals surface area contributed by atoms with Crippen molar-refractivity contribution in [3.05, 3.63) is 47.0 Å². The zero-order chi connectivity index (χ0) is 21.9. The van der Waals surface area contributed by atoms with Crippen molar-refractivity contribution in [2.45, 2.75) is 39.2 Å². The molecule has 2 heterocycles. The van der Waals surface area contributed by atoms with E-state index in [-0.39, 0.29) is 17.9 Å². The highest BCUT2D eigenvalue weighted by Crippen LogP contribution is 2.22. The summed E-state index contributed by atoms with van der Waals surface area (Å²) in [7, 11) is 1.74. The first-order valence-electron chi connectivity index (χ1n) is 10.2. The molecule has 8 heteroatoms. The zero-order valence-electron chi connectivity index (χ0n) is 18.1. The number of hydrogen-bond acceptors (Lipinski definition) is 4. The predicted molar refractivity (Wildman–Crippen MR) is 118 cm³/mol. The van der Waals surface area contributed by atoms with Crippen LogP contribution < -0.4 is 0 Å². The normalized spacial score (nSPS) is 16.9. The van der Waals surface area contributed by atoms with E-state index in [1.807, 2.05) is 56.0 Å². The van der Waals surface area contributed by atoms with Gasteiger partial charge >= 0.3 is 6.09 Å². The van der Waals surface area contributed by atoms with Crippen LogP contribution in [0.3, 0.4) is 0 Å². The number of imidazole rings is 1. The Morgan fingerprint density at radius 1 is 1.27 bits per heavy atom. The summed E-state index contributed by atoms with van der Waals surface area (Å²) in [6.45, 7) is 7.40. The quantitative estimate of drug-likeness (QED) is 0.736. The lowest BCUT2D eigenvalue weighted by atomic mass is 9.97. The highest BCUT2D eigenvalue weighted by molar-refractivity contribution is 7.71. The van der Waals surface area contributed by atoms with Crippen molar-refractivity contribution in [3.8, 4) is 5.69 Å². The van der Waals surface area contributed by atoms with Gasteiger partial charge < -0.3 is 19.5 Å². The summed E-state index contributed by atoms with van der Waals surface area (Å²) >= 11 is 5.41. The number of aromatic amines is 1. The number of para-hydroxylation sites is 1. The van der Waals surface area contributed by atoms with Crippen molar-refractivity contribution in [2.24, 2.45) is 5.92 Å². The number of nitrogens with zero attached hydrogens (tertiary/aromatic N) is 3. The van der Waals surface area contributed by atoms with E-state index in [0.29, 0.717) is 30.1 Å². The van der Waals surface area contributed by atoms with Gasteiger partial charge in [0.15, 0.2) is 4.77 Å². The van der Waals surface area contributed by atoms with Crippen LogP contribution in [0.15, 0.2) is 36.5 Å². The van der Waals surface area contributed by atoms with E-state index < -0.39 is 5.60 Å². The van der Waals surface area contributed by atoms with Crippen LogP contribution in [0.5, 0.6) is 0 Å². The molecular weight excluding hydrogens is 400 g/mol. The Labute approximate surface area is 182 Å². The fourth-order valence-corrected chi connectivity index (χ4v) is 3.98. The van der Waals surface area contributed by atoms with Crippen LogP contribution in [-0.4, -0.2) is 63.6 Å². The summed E-state index contributed by atoms with van der Waals surface area (Å²) in [6, 6.07) is 9.62. The molecule has 1 saturated heterocycles. The van der Waals surface area contributed by atoms with Crippen LogP contribution in [0.25, 0.3) is 5.69 Å². The first-order valence-corrected chi connectivity index (χ1v) is 10.7. The molecule has 1 N–H and O–H groups in total. The number of carbonyl (C=O) groups excluding carboxylic acids is 2. The number of likely N-dealkylation sites (tertiary alicyclic amines) is 1. The van der Waals surface area contributed by atoms with Crippen molar-refractivity contribution < 1.29 is 14.3 Å². The minimum atomic E-state index is -0.527. The molecule has 0 radical (unpaired) electrons. The van der Waals surface area contributed by atoms with Crippen molar-refractivity contribution in [1.82, 2.24) is 19.4 Å². The molecular formula is C22H30N4O3S. The maximum atomic E-state index is 13.3. The molecule has 7 nitrogen and oxygen atoms in total. The van der Waals surface area contributed by atoms with E-state index in [0.717, 1.165) is 18.5 Å². The van der Waals surface area contributed by atoms with Gasteiger partial charge in [-0.05, 0) is 63.9 Å². The van der Waals surface area contributed by atoms with Crippen LogP contribution in [0, 0.1) is 10.7 Å². The van der Waals surface area contributed by atoms with Crippen LogP contribution in [-0.2, 0) is 4.74 Å². The van der Waals surface area contributed by atoms with Gasteiger partial charge in [0, 0.05) is 38.6 Å². The molecule has 3 rings (SSSR count). The minimum absolute atomic E-state index is 0.0594. The Balaban J connectivity index is 1.70. The molecule has 2 amide bonds. The molecule has 0 saturated carbocycles. The molecule has 1 aliphatic rings. The molecule has 30 heavy (non-hydrogen) atoms. The lowest BCUT2D eigenvalue weighted by Crippen LogP contribution is -2.45. The average molecular weight is 431 g/mol. The topological polar surface area (TPSA) is 70.6 Å². The molecule has 0 aliphatic carbocycles. The second kappa shape index (κ2) is 9.04. The maximum Gasteiger partial charge on any atom is 0.410 e. The van der Waals surface area contributed by atoms with Crippen molar-refractivity contribution in [2.75, 3.05) is 26.7 Å². The standard InChI is InChI=1S/C22H30N4O3S/c1-22(2,3)29-21(28)24(4)14-16-9-8-12-25(15-16)19(27)18-13-23-20(30)26(18)17-10-6-5-7-11-17/h5-7,10-11,13,16H,8-9,12,14-15H2,1-4H3,(H,23,30). The predicted octanol–water partition coefficient (Wildman–Crippen LogP) is 4.25. The van der Waals surface area contributed by atoms with E-state index in [9.17, 15) is 9.59 Å². The molecule has 0 bridgehead atoms. The molecule has 1 fully saturated rings. The summed E-state index contributed by atoms with van der Waals surface area (Å²) in [6.07, 6.45) is 3.20. The Hall–Kier alpha value is -2.61. The van der Waals surface area contributed by atoms with Crippen LogP contribution >= 0.6 is 12.2 Å². The Kier molecular flexibility index (Phi) is 6.65. The van der Waals surface area contributed by atoms with Gasteiger partial charge in [-0.15, -0.1) is 0 Å². The van der Waals surface area contributed by atoms with Gasteiger partial charge in [0.05, 0.1) is 0 Å². The molecule has 1 aliphatic heterocycles. The number of benzene rings is 1. The lowest BCUT2D eigenvalue weighted by molar-refractivity contribution is 0.0244. The highest BCUT2D eigenvalue weighted by atomic mass is 32.1. The van der Waals surface area contributed by atoms with Crippen molar-refractivity contribution >= 4 is 24.2 Å².